The Hall–Kier alpha value is 0.180. The summed E-state index contributed by atoms with van der Waals surface area (Å²) in [6.07, 6.45) is -3.66. The minimum atomic E-state index is -4.15. The Morgan fingerprint density at radius 2 is 1.69 bits per heavy atom. The molecular weight excluding hydrogens is 311 g/mol. The lowest BCUT2D eigenvalue weighted by Gasteiger charge is -2.29. The minimum Gasteiger partial charge on any atom is -0.212 e. The van der Waals surface area contributed by atoms with Gasteiger partial charge in [-0.25, -0.2) is 13.1 Å². The quantitative estimate of drug-likeness (QED) is 0.810. The monoisotopic (exact) mass is 323 g/mol. The first-order chi connectivity index (χ1) is 7.24. The summed E-state index contributed by atoms with van der Waals surface area (Å²) in [5.41, 5.74) is 0. The van der Waals surface area contributed by atoms with Gasteiger partial charge in [0.2, 0.25) is 10.0 Å². The Morgan fingerprint density at radius 1 is 1.19 bits per heavy atom. The molecule has 1 rings (SSSR count). The van der Waals surface area contributed by atoms with E-state index in [9.17, 15) is 21.6 Å². The molecule has 0 aromatic heterocycles. The zero-order chi connectivity index (χ0) is 12.4. The summed E-state index contributed by atoms with van der Waals surface area (Å²) in [6.45, 7) is 0. The van der Waals surface area contributed by atoms with Crippen LogP contribution in [0.1, 0.15) is 25.7 Å². The molecule has 0 spiro atoms. The first-order valence-electron chi connectivity index (χ1n) is 4.87. The van der Waals surface area contributed by atoms with E-state index in [1.54, 1.807) is 0 Å². The average molecular weight is 324 g/mol. The second-order valence-corrected chi connectivity index (χ2v) is 6.99. The predicted molar refractivity (Wildman–Crippen MR) is 57.7 cm³/mol. The van der Waals surface area contributed by atoms with E-state index in [0.717, 1.165) is 0 Å². The highest BCUT2D eigenvalue weighted by molar-refractivity contribution is 9.10. The number of nitrogens with one attached hydrogen (secondary N) is 1. The number of sulfonamides is 1. The Labute approximate surface area is 101 Å². The Kier molecular flexibility index (Phi) is 4.65. The fraction of sp³-hybridized carbons (Fsp3) is 1.00. The maximum atomic E-state index is 12.3. The molecule has 96 valence electrons. The maximum Gasteiger partial charge on any atom is 0.391 e. The molecule has 0 aromatic rings. The van der Waals surface area contributed by atoms with Gasteiger partial charge in [0.15, 0.2) is 0 Å². The van der Waals surface area contributed by atoms with E-state index in [1.165, 1.54) is 0 Å². The molecule has 0 radical (unpaired) electrons. The molecule has 0 saturated heterocycles. The first kappa shape index (κ1) is 14.2. The van der Waals surface area contributed by atoms with E-state index >= 15 is 0 Å². The van der Waals surface area contributed by atoms with Crippen LogP contribution in [0.5, 0.6) is 0 Å². The van der Waals surface area contributed by atoms with E-state index < -0.39 is 22.1 Å². The van der Waals surface area contributed by atoms with Gasteiger partial charge in [-0.05, 0) is 25.7 Å². The number of halogens is 4. The summed E-state index contributed by atoms with van der Waals surface area (Å²) < 4.78 is 61.5. The smallest absolute Gasteiger partial charge is 0.212 e. The zero-order valence-electron chi connectivity index (χ0n) is 8.43. The lowest BCUT2D eigenvalue weighted by molar-refractivity contribution is -0.182. The number of hydrogen-bond donors (Lipinski definition) is 1. The first-order valence-corrected chi connectivity index (χ1v) is 7.64. The minimum absolute atomic E-state index is 0.00102. The summed E-state index contributed by atoms with van der Waals surface area (Å²) in [7, 11) is -3.39. The van der Waals surface area contributed by atoms with Crippen LogP contribution in [0.25, 0.3) is 0 Å². The van der Waals surface area contributed by atoms with Gasteiger partial charge in [-0.1, -0.05) is 15.9 Å². The molecule has 0 bridgehead atoms. The molecule has 0 atom stereocenters. The SMILES string of the molecule is O=S(=O)(CBr)NC1CCC(C(F)(F)F)CC1. The lowest BCUT2D eigenvalue weighted by Crippen LogP contribution is -2.40. The fourth-order valence-corrected chi connectivity index (χ4v) is 3.03. The topological polar surface area (TPSA) is 46.2 Å². The molecule has 3 nitrogen and oxygen atoms in total. The van der Waals surface area contributed by atoms with Crippen molar-refractivity contribution in [3.63, 3.8) is 0 Å². The van der Waals surface area contributed by atoms with Gasteiger partial charge in [0.1, 0.15) is 4.66 Å². The molecule has 1 N–H and O–H groups in total. The molecule has 0 heterocycles. The van der Waals surface area contributed by atoms with Gasteiger partial charge in [0, 0.05) is 6.04 Å². The van der Waals surface area contributed by atoms with Crippen LogP contribution < -0.4 is 4.72 Å². The molecule has 1 saturated carbocycles. The molecule has 0 amide bonds. The van der Waals surface area contributed by atoms with E-state index in [4.69, 9.17) is 0 Å². The van der Waals surface area contributed by atoms with Crippen LogP contribution in [0, 0.1) is 5.92 Å². The van der Waals surface area contributed by atoms with Crippen molar-refractivity contribution in [3.05, 3.63) is 0 Å². The van der Waals surface area contributed by atoms with Gasteiger partial charge < -0.3 is 0 Å². The van der Waals surface area contributed by atoms with Gasteiger partial charge >= 0.3 is 6.18 Å². The van der Waals surface area contributed by atoms with Crippen molar-refractivity contribution in [2.24, 2.45) is 5.92 Å². The molecule has 8 heteroatoms. The van der Waals surface area contributed by atoms with Crippen molar-refractivity contribution in [1.82, 2.24) is 4.72 Å². The highest BCUT2D eigenvalue weighted by Gasteiger charge is 2.41. The molecule has 0 aliphatic heterocycles. The predicted octanol–water partition coefficient (Wildman–Crippen LogP) is 2.38. The number of rotatable bonds is 3. The van der Waals surface area contributed by atoms with Crippen LogP contribution in [-0.4, -0.2) is 25.3 Å². The van der Waals surface area contributed by atoms with Gasteiger partial charge in [-0.3, -0.25) is 0 Å². The Bertz CT molecular complexity index is 323. The van der Waals surface area contributed by atoms with E-state index in [0.29, 0.717) is 0 Å². The van der Waals surface area contributed by atoms with E-state index in [-0.39, 0.29) is 36.4 Å². The van der Waals surface area contributed by atoms with Crippen LogP contribution in [0.3, 0.4) is 0 Å². The summed E-state index contributed by atoms with van der Waals surface area (Å²) in [5.74, 6) is -1.28. The van der Waals surface area contributed by atoms with Gasteiger partial charge in [-0.15, -0.1) is 0 Å². The van der Waals surface area contributed by atoms with Gasteiger partial charge in [0.05, 0.1) is 5.92 Å². The van der Waals surface area contributed by atoms with Crippen molar-refractivity contribution >= 4 is 26.0 Å². The van der Waals surface area contributed by atoms with Crippen LogP contribution in [0.4, 0.5) is 13.2 Å². The summed E-state index contributed by atoms with van der Waals surface area (Å²) >= 11 is 2.81. The second kappa shape index (κ2) is 5.22. The Morgan fingerprint density at radius 3 is 2.06 bits per heavy atom. The molecule has 0 unspecified atom stereocenters. The lowest BCUT2D eigenvalue weighted by atomic mass is 9.86. The Balaban J connectivity index is 2.44. The normalized spacial score (nSPS) is 28.0. The molecule has 1 aliphatic carbocycles. The summed E-state index contributed by atoms with van der Waals surface area (Å²) in [5, 5.41) is 0. The van der Waals surface area contributed by atoms with Crippen LogP contribution in [-0.2, 0) is 10.0 Å². The van der Waals surface area contributed by atoms with Crippen molar-refractivity contribution in [2.45, 2.75) is 37.9 Å². The summed E-state index contributed by atoms with van der Waals surface area (Å²) in [4.78, 5) is 0. The highest BCUT2D eigenvalue weighted by atomic mass is 79.9. The standard InChI is InChI=1S/C8H13BrF3NO2S/c9-5-16(14,15)13-7-3-1-6(2-4-7)8(10,11)12/h6-7,13H,1-5H2. The van der Waals surface area contributed by atoms with Gasteiger partial charge in [0.25, 0.3) is 0 Å². The van der Waals surface area contributed by atoms with E-state index in [1.807, 2.05) is 0 Å². The van der Waals surface area contributed by atoms with E-state index in [2.05, 4.69) is 20.7 Å². The van der Waals surface area contributed by atoms with Crippen molar-refractivity contribution < 1.29 is 21.6 Å². The largest absolute Gasteiger partial charge is 0.391 e. The van der Waals surface area contributed by atoms with Crippen LogP contribution in [0.2, 0.25) is 0 Å². The number of alkyl halides is 4. The molecule has 1 aliphatic rings. The van der Waals surface area contributed by atoms with Crippen molar-refractivity contribution in [2.75, 3.05) is 4.66 Å². The molecule has 0 aromatic carbocycles. The molecule has 16 heavy (non-hydrogen) atoms. The van der Waals surface area contributed by atoms with Gasteiger partial charge in [-0.2, -0.15) is 13.2 Å². The number of hydrogen-bond acceptors (Lipinski definition) is 2. The third kappa shape index (κ3) is 4.21. The zero-order valence-corrected chi connectivity index (χ0v) is 10.8. The maximum absolute atomic E-state index is 12.3. The third-order valence-electron chi connectivity index (χ3n) is 2.68. The second-order valence-electron chi connectivity index (χ2n) is 3.93. The molecule has 1 fully saturated rings. The highest BCUT2D eigenvalue weighted by Crippen LogP contribution is 2.37. The van der Waals surface area contributed by atoms with Crippen LogP contribution in [0.15, 0.2) is 0 Å². The fourth-order valence-electron chi connectivity index (χ4n) is 1.82. The molecular formula is C8H13BrF3NO2S. The third-order valence-corrected chi connectivity index (χ3v) is 5.47. The summed E-state index contributed by atoms with van der Waals surface area (Å²) in [6, 6.07) is -0.360. The average Bonchev–Trinajstić information content (AvgIpc) is 2.16. The van der Waals surface area contributed by atoms with Crippen LogP contribution >= 0.6 is 15.9 Å². The van der Waals surface area contributed by atoms with Crippen molar-refractivity contribution in [3.8, 4) is 0 Å². The van der Waals surface area contributed by atoms with Crippen molar-refractivity contribution in [1.29, 1.82) is 0 Å².